The average Bonchev–Trinajstić information content (AvgIpc) is 2.70. The number of fused-ring (bicyclic) bond motifs is 1. The molecule has 0 fully saturated rings. The smallest absolute Gasteiger partial charge is 0.128 e. The summed E-state index contributed by atoms with van der Waals surface area (Å²) >= 11 is 0. The largest absolute Gasteiger partial charge is 0.356 e. The van der Waals surface area contributed by atoms with Crippen LogP contribution in [-0.2, 0) is 19.4 Å². The first-order valence-corrected chi connectivity index (χ1v) is 6.83. The highest BCUT2D eigenvalue weighted by Gasteiger charge is 2.14. The van der Waals surface area contributed by atoms with E-state index in [-0.39, 0.29) is 0 Å². The van der Waals surface area contributed by atoms with E-state index < -0.39 is 0 Å². The second-order valence-electron chi connectivity index (χ2n) is 4.98. The normalized spacial score (nSPS) is 14.9. The Bertz CT molecular complexity index is 538. The van der Waals surface area contributed by atoms with Crippen molar-refractivity contribution >= 4 is 5.82 Å². The van der Waals surface area contributed by atoms with Gasteiger partial charge in [0.15, 0.2) is 0 Å². The van der Waals surface area contributed by atoms with E-state index in [2.05, 4.69) is 40.2 Å². The lowest BCUT2D eigenvalue weighted by atomic mass is 10.0. The molecule has 2 N–H and O–H groups in total. The van der Waals surface area contributed by atoms with Gasteiger partial charge < -0.3 is 10.6 Å². The van der Waals surface area contributed by atoms with Gasteiger partial charge in [-0.05, 0) is 41.7 Å². The lowest BCUT2D eigenvalue weighted by molar-refractivity contribution is 0.789. The number of nitrogens with zero attached hydrogens (tertiary/aromatic N) is 2. The van der Waals surface area contributed by atoms with Gasteiger partial charge in [-0.2, -0.15) is 0 Å². The van der Waals surface area contributed by atoms with Gasteiger partial charge in [-0.3, -0.25) is 0 Å². The van der Waals surface area contributed by atoms with Crippen LogP contribution < -0.4 is 10.6 Å². The van der Waals surface area contributed by atoms with Gasteiger partial charge in [0.05, 0.1) is 0 Å². The molecule has 0 spiro atoms. The number of anilines is 1. The molecule has 1 aliphatic rings. The lowest BCUT2D eigenvalue weighted by Crippen LogP contribution is -2.27. The number of rotatable bonds is 2. The van der Waals surface area contributed by atoms with E-state index in [4.69, 9.17) is 5.73 Å². The van der Waals surface area contributed by atoms with Crippen molar-refractivity contribution in [1.82, 2.24) is 4.98 Å². The molecule has 0 aliphatic carbocycles. The number of pyridine rings is 1. The van der Waals surface area contributed by atoms with Crippen LogP contribution in [0.25, 0.3) is 0 Å². The summed E-state index contributed by atoms with van der Waals surface area (Å²) in [4.78, 5) is 6.85. The third kappa shape index (κ3) is 2.61. The Morgan fingerprint density at radius 1 is 1.05 bits per heavy atom. The third-order valence-electron chi connectivity index (χ3n) is 3.79. The average molecular weight is 253 g/mol. The van der Waals surface area contributed by atoms with Gasteiger partial charge in [-0.15, -0.1) is 0 Å². The van der Waals surface area contributed by atoms with Gasteiger partial charge >= 0.3 is 0 Å². The maximum atomic E-state index is 5.70. The van der Waals surface area contributed by atoms with Crippen molar-refractivity contribution in [3.8, 4) is 0 Å². The van der Waals surface area contributed by atoms with Crippen LogP contribution in [0.4, 0.5) is 5.82 Å². The number of aromatic nitrogens is 1. The molecule has 19 heavy (non-hydrogen) atoms. The lowest BCUT2D eigenvalue weighted by Gasteiger charge is -2.21. The fraction of sp³-hybridized carbons (Fsp3) is 0.312. The summed E-state index contributed by atoms with van der Waals surface area (Å²) in [5.41, 5.74) is 9.79. The zero-order valence-corrected chi connectivity index (χ0v) is 11.0. The van der Waals surface area contributed by atoms with Crippen molar-refractivity contribution in [3.63, 3.8) is 0 Å². The van der Waals surface area contributed by atoms with Gasteiger partial charge in [0, 0.05) is 25.8 Å². The molecule has 0 atom stereocenters. The van der Waals surface area contributed by atoms with Gasteiger partial charge in [-0.25, -0.2) is 4.98 Å². The van der Waals surface area contributed by atoms with Crippen molar-refractivity contribution in [1.29, 1.82) is 0 Å². The first-order chi connectivity index (χ1) is 9.36. The van der Waals surface area contributed by atoms with Crippen molar-refractivity contribution in [2.45, 2.75) is 19.4 Å². The van der Waals surface area contributed by atoms with Crippen molar-refractivity contribution in [2.24, 2.45) is 5.73 Å². The summed E-state index contributed by atoms with van der Waals surface area (Å²) in [7, 11) is 0. The molecule has 0 amide bonds. The molecule has 98 valence electrons. The van der Waals surface area contributed by atoms with Gasteiger partial charge in [0.2, 0.25) is 0 Å². The van der Waals surface area contributed by atoms with Crippen LogP contribution in [0, 0.1) is 0 Å². The Kier molecular flexibility index (Phi) is 3.47. The maximum Gasteiger partial charge on any atom is 0.128 e. The van der Waals surface area contributed by atoms with Crippen LogP contribution in [-0.4, -0.2) is 18.1 Å². The predicted octanol–water partition coefficient (Wildman–Crippen LogP) is 2.15. The highest BCUT2D eigenvalue weighted by Crippen LogP contribution is 2.20. The minimum Gasteiger partial charge on any atom is -0.356 e. The van der Waals surface area contributed by atoms with E-state index in [0.717, 1.165) is 37.3 Å². The van der Waals surface area contributed by atoms with Crippen LogP contribution >= 0.6 is 0 Å². The third-order valence-corrected chi connectivity index (χ3v) is 3.79. The Balaban J connectivity index is 1.81. The van der Waals surface area contributed by atoms with Crippen LogP contribution in [0.5, 0.6) is 0 Å². The summed E-state index contributed by atoms with van der Waals surface area (Å²) in [6, 6.07) is 12.8. The summed E-state index contributed by atoms with van der Waals surface area (Å²) < 4.78 is 0. The number of nitrogens with two attached hydrogens (primary N) is 1. The standard InChI is InChI=1S/C16H19N3/c17-12-13-5-8-18-16(11-13)19-9-6-14-3-1-2-4-15(14)7-10-19/h1-5,8,11H,6-7,9-10,12,17H2. The molecule has 0 saturated heterocycles. The zero-order valence-electron chi connectivity index (χ0n) is 11.0. The van der Waals surface area contributed by atoms with E-state index in [1.165, 1.54) is 11.1 Å². The topological polar surface area (TPSA) is 42.1 Å². The summed E-state index contributed by atoms with van der Waals surface area (Å²) in [6.45, 7) is 2.62. The molecule has 2 heterocycles. The molecule has 1 aromatic carbocycles. The SMILES string of the molecule is NCc1ccnc(N2CCc3ccccc3CC2)c1. The van der Waals surface area contributed by atoms with E-state index in [0.29, 0.717) is 6.54 Å². The number of hydrogen-bond donors (Lipinski definition) is 1. The van der Waals surface area contributed by atoms with E-state index in [9.17, 15) is 0 Å². The molecule has 0 saturated carbocycles. The fourth-order valence-corrected chi connectivity index (χ4v) is 2.66. The van der Waals surface area contributed by atoms with Crippen LogP contribution in [0.15, 0.2) is 42.6 Å². The molecular formula is C16H19N3. The van der Waals surface area contributed by atoms with E-state index >= 15 is 0 Å². The fourth-order valence-electron chi connectivity index (χ4n) is 2.66. The number of hydrogen-bond acceptors (Lipinski definition) is 3. The highest BCUT2D eigenvalue weighted by atomic mass is 15.2. The maximum absolute atomic E-state index is 5.70. The molecule has 0 radical (unpaired) electrons. The molecule has 3 rings (SSSR count). The Labute approximate surface area is 114 Å². The highest BCUT2D eigenvalue weighted by molar-refractivity contribution is 5.43. The molecular weight excluding hydrogens is 234 g/mol. The summed E-state index contributed by atoms with van der Waals surface area (Å²) in [6.07, 6.45) is 4.03. The van der Waals surface area contributed by atoms with Gasteiger partial charge in [0.25, 0.3) is 0 Å². The summed E-state index contributed by atoms with van der Waals surface area (Å²) in [5.74, 6) is 1.05. The van der Waals surface area contributed by atoms with Crippen LogP contribution in [0.3, 0.4) is 0 Å². The van der Waals surface area contributed by atoms with Crippen LogP contribution in [0.2, 0.25) is 0 Å². The zero-order chi connectivity index (χ0) is 13.1. The molecule has 0 bridgehead atoms. The second kappa shape index (κ2) is 5.41. The number of benzene rings is 1. The summed E-state index contributed by atoms with van der Waals surface area (Å²) in [5, 5.41) is 0. The molecule has 3 nitrogen and oxygen atoms in total. The van der Waals surface area contributed by atoms with Gasteiger partial charge in [-0.1, -0.05) is 24.3 Å². The molecule has 3 heteroatoms. The van der Waals surface area contributed by atoms with Crippen molar-refractivity contribution < 1.29 is 0 Å². The van der Waals surface area contributed by atoms with Crippen molar-refractivity contribution in [3.05, 3.63) is 59.3 Å². The Hall–Kier alpha value is -1.87. The minimum absolute atomic E-state index is 0.573. The first kappa shape index (κ1) is 12.2. The second-order valence-corrected chi connectivity index (χ2v) is 4.98. The Morgan fingerprint density at radius 3 is 2.37 bits per heavy atom. The van der Waals surface area contributed by atoms with E-state index in [1.54, 1.807) is 0 Å². The predicted molar refractivity (Wildman–Crippen MR) is 78.2 cm³/mol. The van der Waals surface area contributed by atoms with E-state index in [1.807, 2.05) is 12.3 Å². The molecule has 1 aromatic heterocycles. The molecule has 2 aromatic rings. The minimum atomic E-state index is 0.573. The van der Waals surface area contributed by atoms with Crippen molar-refractivity contribution in [2.75, 3.05) is 18.0 Å². The van der Waals surface area contributed by atoms with Gasteiger partial charge in [0.1, 0.15) is 5.82 Å². The molecule has 0 unspecified atom stereocenters. The monoisotopic (exact) mass is 253 g/mol. The Morgan fingerprint density at radius 2 is 1.74 bits per heavy atom. The van der Waals surface area contributed by atoms with Crippen LogP contribution in [0.1, 0.15) is 16.7 Å². The molecule has 1 aliphatic heterocycles. The quantitative estimate of drug-likeness (QED) is 0.891. The first-order valence-electron chi connectivity index (χ1n) is 6.83.